The second-order valence-corrected chi connectivity index (χ2v) is 20.4. The first-order valence-corrected chi connectivity index (χ1v) is 27.0. The summed E-state index contributed by atoms with van der Waals surface area (Å²) in [5.41, 5.74) is 22.2. The normalized spacial score (nSPS) is 13.6. The van der Waals surface area contributed by atoms with E-state index in [0.717, 1.165) is 47.0 Å². The maximum Gasteiger partial charge on any atom is 0.0465 e. The van der Waals surface area contributed by atoms with Gasteiger partial charge in [-0.25, -0.2) is 0 Å². The third kappa shape index (κ3) is 8.84. The van der Waals surface area contributed by atoms with Gasteiger partial charge in [-0.15, -0.1) is 0 Å². The molecule has 1 saturated carbocycles. The van der Waals surface area contributed by atoms with E-state index in [2.05, 4.69) is 306 Å². The molecular formula is C73H59N3. The number of fused-ring (bicyclic) bond motifs is 5. The van der Waals surface area contributed by atoms with Gasteiger partial charge in [0.15, 0.2) is 0 Å². The molecule has 0 N–H and O–H groups in total. The Morgan fingerprint density at radius 3 is 0.974 bits per heavy atom. The van der Waals surface area contributed by atoms with Gasteiger partial charge in [-0.3, -0.25) is 0 Å². The number of benzene rings is 11. The van der Waals surface area contributed by atoms with Crippen LogP contribution in [0.3, 0.4) is 0 Å². The van der Waals surface area contributed by atoms with E-state index in [0.29, 0.717) is 0 Å². The van der Waals surface area contributed by atoms with Crippen molar-refractivity contribution in [1.82, 2.24) is 0 Å². The van der Waals surface area contributed by atoms with E-state index < -0.39 is 0 Å². The fourth-order valence-corrected chi connectivity index (χ4v) is 12.4. The van der Waals surface area contributed by atoms with Crippen LogP contribution in [-0.4, -0.2) is 0 Å². The largest absolute Gasteiger partial charge is 0.311 e. The minimum Gasteiger partial charge on any atom is -0.311 e. The van der Waals surface area contributed by atoms with Gasteiger partial charge in [0, 0.05) is 62.5 Å². The Labute approximate surface area is 448 Å². The molecule has 2 aliphatic carbocycles. The maximum absolute atomic E-state index is 2.60. The summed E-state index contributed by atoms with van der Waals surface area (Å²) in [5.74, 6) is 0.0513. The molecule has 366 valence electrons. The van der Waals surface area contributed by atoms with E-state index in [1.165, 1.54) is 86.4 Å². The molecule has 11 aromatic rings. The summed E-state index contributed by atoms with van der Waals surface area (Å²) in [5, 5.41) is 0. The molecule has 1 spiro atoms. The zero-order valence-electron chi connectivity index (χ0n) is 42.7. The second-order valence-electron chi connectivity index (χ2n) is 20.4. The standard InChI is InChI=1S/C73H59N3/c1-8-22-56(23-9-1)72(58-40-48-68-69-49-47-67(53-71(69)73(70(68)52-58)50-20-7-21-51-73)76(62-30-16-5-17-31-62)63-32-18-6-19-33-63)57-38-45-66(46-39-57)75(61-28-14-4-15-29-61)65-43-36-55(37-44-65)54-34-41-64(42-35-54)74(59-24-10-2-11-25-59)60-26-12-3-13-27-60/h1-6,8-19,22-49,52-53,72H,7,20-21,50-51H2. The van der Waals surface area contributed by atoms with Gasteiger partial charge in [-0.2, -0.15) is 0 Å². The summed E-state index contributed by atoms with van der Waals surface area (Å²) in [4.78, 5) is 7.09. The van der Waals surface area contributed by atoms with E-state index in [-0.39, 0.29) is 11.3 Å². The van der Waals surface area contributed by atoms with Gasteiger partial charge in [0.1, 0.15) is 0 Å². The monoisotopic (exact) mass is 977 g/mol. The Kier molecular flexibility index (Phi) is 12.6. The van der Waals surface area contributed by atoms with Gasteiger partial charge in [0.2, 0.25) is 0 Å². The van der Waals surface area contributed by atoms with Crippen molar-refractivity contribution < 1.29 is 0 Å². The number of rotatable bonds is 13. The molecular weight excluding hydrogens is 919 g/mol. The van der Waals surface area contributed by atoms with Crippen LogP contribution in [0.1, 0.15) is 65.8 Å². The van der Waals surface area contributed by atoms with Gasteiger partial charge in [0.05, 0.1) is 0 Å². The Balaban J connectivity index is 0.830. The Hall–Kier alpha value is -9.18. The predicted molar refractivity (Wildman–Crippen MR) is 319 cm³/mol. The van der Waals surface area contributed by atoms with Crippen molar-refractivity contribution in [2.24, 2.45) is 0 Å². The van der Waals surface area contributed by atoms with Gasteiger partial charge >= 0.3 is 0 Å². The van der Waals surface area contributed by atoms with Gasteiger partial charge in [-0.05, 0) is 172 Å². The van der Waals surface area contributed by atoms with E-state index in [1.54, 1.807) is 0 Å². The highest BCUT2D eigenvalue weighted by molar-refractivity contribution is 5.87. The van der Waals surface area contributed by atoms with Crippen LogP contribution in [0.5, 0.6) is 0 Å². The first-order chi connectivity index (χ1) is 37.7. The highest BCUT2D eigenvalue weighted by atomic mass is 15.2. The molecule has 0 heterocycles. The highest BCUT2D eigenvalue weighted by Crippen LogP contribution is 2.58. The summed E-state index contributed by atoms with van der Waals surface area (Å²) >= 11 is 0. The van der Waals surface area contributed by atoms with Gasteiger partial charge in [0.25, 0.3) is 0 Å². The molecule has 76 heavy (non-hydrogen) atoms. The number of para-hydroxylation sites is 5. The molecule has 0 amide bonds. The van der Waals surface area contributed by atoms with Crippen LogP contribution in [-0.2, 0) is 5.41 Å². The van der Waals surface area contributed by atoms with Crippen molar-refractivity contribution >= 4 is 51.2 Å². The van der Waals surface area contributed by atoms with Crippen molar-refractivity contribution in [2.45, 2.75) is 43.4 Å². The molecule has 11 aromatic carbocycles. The quantitative estimate of drug-likeness (QED) is 0.107. The van der Waals surface area contributed by atoms with Crippen LogP contribution in [0.25, 0.3) is 22.3 Å². The number of hydrogen-bond donors (Lipinski definition) is 0. The topological polar surface area (TPSA) is 9.72 Å². The molecule has 2 aliphatic rings. The summed E-state index contributed by atoms with van der Waals surface area (Å²) < 4.78 is 0. The fraction of sp³-hybridized carbons (Fsp3) is 0.0959. The summed E-state index contributed by atoms with van der Waals surface area (Å²) in [6.45, 7) is 0. The Bertz CT molecular complexity index is 3610. The third-order valence-corrected chi connectivity index (χ3v) is 15.9. The van der Waals surface area contributed by atoms with E-state index in [4.69, 9.17) is 0 Å². The smallest absolute Gasteiger partial charge is 0.0465 e. The fourth-order valence-electron chi connectivity index (χ4n) is 12.4. The van der Waals surface area contributed by atoms with Crippen molar-refractivity contribution in [3.8, 4) is 22.3 Å². The van der Waals surface area contributed by atoms with Crippen molar-refractivity contribution in [3.63, 3.8) is 0 Å². The molecule has 1 atom stereocenters. The number of nitrogens with zero attached hydrogens (tertiary/aromatic N) is 3. The molecule has 0 radical (unpaired) electrons. The number of anilines is 9. The average Bonchev–Trinajstić information content (AvgIpc) is 3.78. The molecule has 1 unspecified atom stereocenters. The van der Waals surface area contributed by atoms with Crippen LogP contribution in [0.15, 0.2) is 291 Å². The van der Waals surface area contributed by atoms with E-state index in [9.17, 15) is 0 Å². The zero-order valence-corrected chi connectivity index (χ0v) is 42.7. The highest BCUT2D eigenvalue weighted by Gasteiger charge is 2.44. The van der Waals surface area contributed by atoms with E-state index >= 15 is 0 Å². The van der Waals surface area contributed by atoms with Crippen LogP contribution in [0.2, 0.25) is 0 Å². The lowest BCUT2D eigenvalue weighted by atomic mass is 9.67. The SMILES string of the molecule is c1ccc(C(c2ccc(N(c3ccccc3)c3ccc(-c4ccc(N(c5ccccc5)c5ccccc5)cc4)cc3)cc2)c2ccc3c(c2)C2(CCCCC2)c2cc(N(c4ccccc4)c4ccccc4)ccc2-3)cc1. The van der Waals surface area contributed by atoms with Gasteiger partial charge < -0.3 is 14.7 Å². The first kappa shape index (κ1) is 46.6. The Morgan fingerprint density at radius 1 is 0.250 bits per heavy atom. The molecule has 3 nitrogen and oxygen atoms in total. The first-order valence-electron chi connectivity index (χ1n) is 27.0. The molecule has 0 bridgehead atoms. The summed E-state index contributed by atoms with van der Waals surface area (Å²) in [6, 6.07) is 107. The molecule has 0 saturated heterocycles. The third-order valence-electron chi connectivity index (χ3n) is 15.9. The molecule has 3 heteroatoms. The van der Waals surface area contributed by atoms with Crippen LogP contribution < -0.4 is 14.7 Å². The Morgan fingerprint density at radius 2 is 0.553 bits per heavy atom. The molecule has 0 aromatic heterocycles. The summed E-state index contributed by atoms with van der Waals surface area (Å²) in [7, 11) is 0. The van der Waals surface area contributed by atoms with Crippen molar-refractivity contribution in [3.05, 3.63) is 319 Å². The zero-order chi connectivity index (χ0) is 50.7. The lowest BCUT2D eigenvalue weighted by Crippen LogP contribution is -2.28. The van der Waals surface area contributed by atoms with Gasteiger partial charge in [-0.1, -0.05) is 201 Å². The molecule has 0 aliphatic heterocycles. The second kappa shape index (κ2) is 20.6. The van der Waals surface area contributed by atoms with Crippen molar-refractivity contribution in [2.75, 3.05) is 14.7 Å². The van der Waals surface area contributed by atoms with Crippen LogP contribution in [0, 0.1) is 0 Å². The lowest BCUT2D eigenvalue weighted by molar-refractivity contribution is 0.352. The molecule has 1 fully saturated rings. The minimum absolute atomic E-state index is 0.0415. The van der Waals surface area contributed by atoms with E-state index in [1.807, 2.05) is 0 Å². The summed E-state index contributed by atoms with van der Waals surface area (Å²) in [6.07, 6.45) is 6.06. The lowest BCUT2D eigenvalue weighted by Gasteiger charge is -2.37. The average molecular weight is 978 g/mol. The minimum atomic E-state index is -0.0415. The predicted octanol–water partition coefficient (Wildman–Crippen LogP) is 20.2. The van der Waals surface area contributed by atoms with Crippen LogP contribution >= 0.6 is 0 Å². The maximum atomic E-state index is 2.60. The van der Waals surface area contributed by atoms with Crippen molar-refractivity contribution in [1.29, 1.82) is 0 Å². The number of hydrogen-bond acceptors (Lipinski definition) is 3. The molecule has 13 rings (SSSR count). The van der Waals surface area contributed by atoms with Crippen LogP contribution in [0.4, 0.5) is 51.2 Å².